The van der Waals surface area contributed by atoms with Gasteiger partial charge in [0, 0.05) is 30.7 Å². The highest BCUT2D eigenvalue weighted by atomic mass is 19.2. The maximum atomic E-state index is 14.2. The van der Waals surface area contributed by atoms with Gasteiger partial charge < -0.3 is 15.2 Å². The van der Waals surface area contributed by atoms with Crippen molar-refractivity contribution in [1.82, 2.24) is 15.1 Å². The van der Waals surface area contributed by atoms with E-state index in [1.807, 2.05) is 0 Å². The van der Waals surface area contributed by atoms with Crippen molar-refractivity contribution < 1.29 is 32.6 Å². The number of hydrogen-bond acceptors (Lipinski definition) is 5. The summed E-state index contributed by atoms with van der Waals surface area (Å²) in [6.07, 6.45) is 2.13. The van der Waals surface area contributed by atoms with Crippen LogP contribution in [0.2, 0.25) is 0 Å². The summed E-state index contributed by atoms with van der Waals surface area (Å²) >= 11 is 0. The molecule has 1 saturated carbocycles. The molecule has 0 radical (unpaired) electrons. The number of amides is 3. The Bertz CT molecular complexity index is 1160. The van der Waals surface area contributed by atoms with Gasteiger partial charge in [-0.05, 0) is 55.9 Å². The summed E-state index contributed by atoms with van der Waals surface area (Å²) in [6, 6.07) is 8.08. The first-order valence-corrected chi connectivity index (χ1v) is 12.2. The van der Waals surface area contributed by atoms with Crippen LogP contribution >= 0.6 is 0 Å². The normalized spacial score (nSPS) is 28.8. The van der Waals surface area contributed by atoms with E-state index >= 15 is 0 Å². The standard InChI is InChI=1S/C26H28F3N3O4/c27-20-4-2-1-3-19(20)26(35)10-7-18(8-11-26)31-12-9-17(14-31)30-24(33)32-23(15-36-25(32)34)16-5-6-21(28)22(29)13-16/h1-6,13,17-18,23,35H,7-12,14-15H2,(H,30,33). The van der Waals surface area contributed by atoms with Crippen molar-refractivity contribution in [1.29, 1.82) is 0 Å². The number of hydrogen-bond donors (Lipinski definition) is 2. The SMILES string of the molecule is O=C(NC1CCN(C2CCC(O)(c3ccccc3F)CC2)C1)N1C(=O)OCC1c1ccc(F)c(F)c1. The van der Waals surface area contributed by atoms with Gasteiger partial charge in [0.25, 0.3) is 0 Å². The van der Waals surface area contributed by atoms with E-state index < -0.39 is 41.2 Å². The van der Waals surface area contributed by atoms with Crippen LogP contribution in [0.3, 0.4) is 0 Å². The number of carbonyl (C=O) groups is 2. The maximum absolute atomic E-state index is 14.2. The largest absolute Gasteiger partial charge is 0.446 e. The molecule has 2 atom stereocenters. The number of ether oxygens (including phenoxy) is 1. The summed E-state index contributed by atoms with van der Waals surface area (Å²) in [5.41, 5.74) is -0.573. The molecule has 1 aliphatic carbocycles. The second-order valence-electron chi connectivity index (χ2n) is 9.81. The lowest BCUT2D eigenvalue weighted by molar-refractivity contribution is -0.0249. The van der Waals surface area contributed by atoms with Crippen molar-refractivity contribution in [3.63, 3.8) is 0 Å². The number of urea groups is 1. The van der Waals surface area contributed by atoms with Gasteiger partial charge in [-0.15, -0.1) is 0 Å². The number of rotatable bonds is 4. The quantitative estimate of drug-likeness (QED) is 0.653. The average Bonchev–Trinajstić information content (AvgIpc) is 3.48. The monoisotopic (exact) mass is 503 g/mol. The third-order valence-corrected chi connectivity index (χ3v) is 7.64. The van der Waals surface area contributed by atoms with E-state index in [-0.39, 0.29) is 24.3 Å². The number of aliphatic hydroxyl groups is 1. The van der Waals surface area contributed by atoms with E-state index in [1.54, 1.807) is 18.2 Å². The molecule has 2 aliphatic heterocycles. The first kappa shape index (κ1) is 24.6. The van der Waals surface area contributed by atoms with Gasteiger partial charge in [0.05, 0.1) is 5.60 Å². The van der Waals surface area contributed by atoms with Crippen LogP contribution in [0.4, 0.5) is 22.8 Å². The van der Waals surface area contributed by atoms with Gasteiger partial charge in [-0.25, -0.2) is 27.7 Å². The lowest BCUT2D eigenvalue weighted by atomic mass is 9.77. The van der Waals surface area contributed by atoms with Crippen molar-refractivity contribution in [2.24, 2.45) is 0 Å². The molecule has 0 aromatic heterocycles. The highest BCUT2D eigenvalue weighted by molar-refractivity contribution is 5.92. The van der Waals surface area contributed by atoms with Crippen molar-refractivity contribution >= 4 is 12.1 Å². The third kappa shape index (κ3) is 4.67. The number of carbonyl (C=O) groups excluding carboxylic acids is 2. The molecule has 2 N–H and O–H groups in total. The maximum Gasteiger partial charge on any atom is 0.418 e. The molecule has 10 heteroatoms. The summed E-state index contributed by atoms with van der Waals surface area (Å²) in [4.78, 5) is 28.4. The van der Waals surface area contributed by atoms with Crippen LogP contribution in [0, 0.1) is 17.5 Å². The lowest BCUT2D eigenvalue weighted by Crippen LogP contribution is -2.48. The summed E-state index contributed by atoms with van der Waals surface area (Å²) in [5, 5.41) is 13.9. The van der Waals surface area contributed by atoms with Crippen molar-refractivity contribution in [3.05, 3.63) is 71.0 Å². The Balaban J connectivity index is 1.18. The molecule has 2 aromatic rings. The van der Waals surface area contributed by atoms with Crippen molar-refractivity contribution in [2.75, 3.05) is 19.7 Å². The number of likely N-dealkylation sites (tertiary alicyclic amines) is 1. The Hall–Kier alpha value is -3.11. The number of nitrogens with one attached hydrogen (secondary N) is 1. The molecule has 0 spiro atoms. The zero-order valence-electron chi connectivity index (χ0n) is 19.6. The smallest absolute Gasteiger partial charge is 0.418 e. The molecule has 2 saturated heterocycles. The van der Waals surface area contributed by atoms with Crippen LogP contribution < -0.4 is 5.32 Å². The van der Waals surface area contributed by atoms with E-state index in [9.17, 15) is 27.9 Å². The minimum Gasteiger partial charge on any atom is -0.446 e. The number of imide groups is 1. The molecule has 2 aromatic carbocycles. The molecule has 0 bridgehead atoms. The number of cyclic esters (lactones) is 1. The minimum absolute atomic E-state index is 0.138. The fraction of sp³-hybridized carbons (Fsp3) is 0.462. The summed E-state index contributed by atoms with van der Waals surface area (Å²) in [6.45, 7) is 1.18. The van der Waals surface area contributed by atoms with E-state index in [0.29, 0.717) is 44.2 Å². The fourth-order valence-corrected chi connectivity index (χ4v) is 5.65. The first-order chi connectivity index (χ1) is 17.2. The van der Waals surface area contributed by atoms with Crippen LogP contribution in [-0.2, 0) is 10.3 Å². The van der Waals surface area contributed by atoms with Gasteiger partial charge in [-0.3, -0.25) is 4.90 Å². The molecule has 36 heavy (non-hydrogen) atoms. The molecule has 3 aliphatic rings. The molecule has 3 fully saturated rings. The van der Waals surface area contributed by atoms with Crippen LogP contribution in [0.5, 0.6) is 0 Å². The van der Waals surface area contributed by atoms with E-state index in [0.717, 1.165) is 23.6 Å². The molecule has 192 valence electrons. The second kappa shape index (κ2) is 9.74. The van der Waals surface area contributed by atoms with Gasteiger partial charge in [-0.1, -0.05) is 24.3 Å². The Morgan fingerprint density at radius 1 is 1.03 bits per heavy atom. The fourth-order valence-electron chi connectivity index (χ4n) is 5.65. The molecule has 2 heterocycles. The highest BCUT2D eigenvalue weighted by Gasteiger charge is 2.42. The van der Waals surface area contributed by atoms with Gasteiger partial charge in [0.2, 0.25) is 0 Å². The molecular formula is C26H28F3N3O4. The Morgan fingerprint density at radius 3 is 2.50 bits per heavy atom. The van der Waals surface area contributed by atoms with E-state index in [1.165, 1.54) is 12.1 Å². The number of benzene rings is 2. The van der Waals surface area contributed by atoms with Crippen molar-refractivity contribution in [2.45, 2.75) is 55.8 Å². The molecule has 5 rings (SSSR count). The summed E-state index contributed by atoms with van der Waals surface area (Å²) in [5.74, 6) is -2.47. The van der Waals surface area contributed by atoms with Crippen LogP contribution in [0.15, 0.2) is 42.5 Å². The van der Waals surface area contributed by atoms with Gasteiger partial charge in [0.15, 0.2) is 11.6 Å². The summed E-state index contributed by atoms with van der Waals surface area (Å²) < 4.78 is 46.3. The Labute approximate surface area is 206 Å². The van der Waals surface area contributed by atoms with Crippen molar-refractivity contribution in [3.8, 4) is 0 Å². The second-order valence-corrected chi connectivity index (χ2v) is 9.81. The van der Waals surface area contributed by atoms with Crippen LogP contribution in [0.1, 0.15) is 49.3 Å². The van der Waals surface area contributed by atoms with Crippen LogP contribution in [0.25, 0.3) is 0 Å². The third-order valence-electron chi connectivity index (χ3n) is 7.64. The number of halogens is 3. The molecule has 3 amide bonds. The predicted molar refractivity (Wildman–Crippen MR) is 123 cm³/mol. The van der Waals surface area contributed by atoms with E-state index in [2.05, 4.69) is 10.2 Å². The van der Waals surface area contributed by atoms with Gasteiger partial charge >= 0.3 is 12.1 Å². The Kier molecular flexibility index (Phi) is 6.65. The average molecular weight is 504 g/mol. The zero-order valence-corrected chi connectivity index (χ0v) is 19.6. The van der Waals surface area contributed by atoms with E-state index in [4.69, 9.17) is 4.74 Å². The van der Waals surface area contributed by atoms with Gasteiger partial charge in [0.1, 0.15) is 18.5 Å². The van der Waals surface area contributed by atoms with Crippen LogP contribution in [-0.4, -0.2) is 58.8 Å². The Morgan fingerprint density at radius 2 is 1.78 bits per heavy atom. The predicted octanol–water partition coefficient (Wildman–Crippen LogP) is 4.21. The molecule has 7 nitrogen and oxygen atoms in total. The topological polar surface area (TPSA) is 82.1 Å². The summed E-state index contributed by atoms with van der Waals surface area (Å²) in [7, 11) is 0. The molecular weight excluding hydrogens is 475 g/mol. The first-order valence-electron chi connectivity index (χ1n) is 12.2. The highest BCUT2D eigenvalue weighted by Crippen LogP contribution is 2.40. The number of nitrogens with zero attached hydrogens (tertiary/aromatic N) is 2. The minimum atomic E-state index is -1.18. The lowest BCUT2D eigenvalue weighted by Gasteiger charge is -2.40. The van der Waals surface area contributed by atoms with Gasteiger partial charge in [-0.2, -0.15) is 0 Å². The molecule has 2 unspecified atom stereocenters. The zero-order chi connectivity index (χ0) is 25.4.